The van der Waals surface area contributed by atoms with E-state index in [-0.39, 0.29) is 17.5 Å². The lowest BCUT2D eigenvalue weighted by Crippen LogP contribution is -2.45. The van der Waals surface area contributed by atoms with Gasteiger partial charge in [0.1, 0.15) is 0 Å². The third-order valence-electron chi connectivity index (χ3n) is 5.03. The molecule has 0 spiro atoms. The van der Waals surface area contributed by atoms with Crippen molar-refractivity contribution in [3.63, 3.8) is 0 Å². The van der Waals surface area contributed by atoms with Crippen LogP contribution in [0.4, 0.5) is 0 Å². The molecule has 1 saturated heterocycles. The van der Waals surface area contributed by atoms with Gasteiger partial charge in [-0.05, 0) is 61.8 Å². The highest BCUT2D eigenvalue weighted by molar-refractivity contribution is 7.86. The molecule has 2 unspecified atom stereocenters. The summed E-state index contributed by atoms with van der Waals surface area (Å²) in [5.41, 5.74) is 0. The maximum absolute atomic E-state index is 12.5. The number of hydrogen-bond donors (Lipinski definition) is 0. The summed E-state index contributed by atoms with van der Waals surface area (Å²) in [5, 5.41) is 2.12. The van der Waals surface area contributed by atoms with Crippen molar-refractivity contribution in [2.75, 3.05) is 19.7 Å². The highest BCUT2D eigenvalue weighted by Gasteiger charge is 2.31. The van der Waals surface area contributed by atoms with E-state index in [1.165, 1.54) is 4.88 Å². The second kappa shape index (κ2) is 9.13. The van der Waals surface area contributed by atoms with Crippen LogP contribution in [0.5, 0.6) is 0 Å². The molecule has 26 heavy (non-hydrogen) atoms. The van der Waals surface area contributed by atoms with Gasteiger partial charge in [-0.3, -0.25) is 9.08 Å². The molecular weight excluding hydrogens is 366 g/mol. The number of thiophene rings is 1. The molecule has 1 aliphatic rings. The minimum absolute atomic E-state index is 0.140. The van der Waals surface area contributed by atoms with E-state index in [1.54, 1.807) is 41.7 Å². The molecule has 3 rings (SSSR count). The van der Waals surface area contributed by atoms with Crippen molar-refractivity contribution in [2.24, 2.45) is 0 Å². The number of rotatable bonds is 8. The number of unbranched alkanes of at least 4 members (excludes halogenated alkanes) is 1. The van der Waals surface area contributed by atoms with Crippen LogP contribution in [0.1, 0.15) is 43.4 Å². The van der Waals surface area contributed by atoms with Crippen molar-refractivity contribution in [1.82, 2.24) is 4.90 Å². The van der Waals surface area contributed by atoms with Gasteiger partial charge in [0.15, 0.2) is 0 Å². The van der Waals surface area contributed by atoms with E-state index in [2.05, 4.69) is 29.3 Å². The quantitative estimate of drug-likeness (QED) is 0.620. The first-order valence-corrected chi connectivity index (χ1v) is 11.6. The second-order valence-electron chi connectivity index (χ2n) is 6.83. The van der Waals surface area contributed by atoms with Crippen LogP contribution in [0, 0.1) is 0 Å². The predicted octanol–water partition coefficient (Wildman–Crippen LogP) is 4.50. The van der Waals surface area contributed by atoms with Crippen LogP contribution in [0.3, 0.4) is 0 Å². The number of piperidine rings is 1. The molecule has 0 saturated carbocycles. The molecule has 1 aliphatic heterocycles. The van der Waals surface area contributed by atoms with Gasteiger partial charge >= 0.3 is 0 Å². The van der Waals surface area contributed by atoms with Gasteiger partial charge < -0.3 is 0 Å². The molecule has 2 aromatic rings. The van der Waals surface area contributed by atoms with Crippen LogP contribution in [0.2, 0.25) is 0 Å². The number of likely N-dealkylation sites (tertiary alicyclic amines) is 1. The first-order chi connectivity index (χ1) is 12.6. The molecule has 0 N–H and O–H groups in total. The minimum Gasteiger partial charge on any atom is -0.298 e. The summed E-state index contributed by atoms with van der Waals surface area (Å²) in [7, 11) is -3.70. The van der Waals surface area contributed by atoms with Crippen LogP contribution in [-0.2, 0) is 14.3 Å². The maximum Gasteiger partial charge on any atom is 0.297 e. The highest BCUT2D eigenvalue weighted by atomic mass is 32.2. The largest absolute Gasteiger partial charge is 0.298 e. The Morgan fingerprint density at radius 2 is 2.00 bits per heavy atom. The molecule has 0 radical (unpaired) electrons. The first kappa shape index (κ1) is 19.5. The van der Waals surface area contributed by atoms with Gasteiger partial charge in [-0.1, -0.05) is 37.6 Å². The Labute approximate surface area is 160 Å². The molecule has 0 amide bonds. The Kier molecular flexibility index (Phi) is 6.86. The number of nitrogens with zero attached hydrogens (tertiary/aromatic N) is 1. The molecule has 142 valence electrons. The molecular formula is C20H27NO3S2. The summed E-state index contributed by atoms with van der Waals surface area (Å²) < 4.78 is 30.4. The fourth-order valence-electron chi connectivity index (χ4n) is 3.53. The van der Waals surface area contributed by atoms with Gasteiger partial charge in [0.25, 0.3) is 10.1 Å². The van der Waals surface area contributed by atoms with Crippen molar-refractivity contribution in [2.45, 2.75) is 49.5 Å². The molecule has 1 aromatic heterocycles. The van der Waals surface area contributed by atoms with E-state index in [9.17, 15) is 8.42 Å². The van der Waals surface area contributed by atoms with E-state index >= 15 is 0 Å². The van der Waals surface area contributed by atoms with Crippen LogP contribution in [0.25, 0.3) is 0 Å². The smallest absolute Gasteiger partial charge is 0.297 e. The summed E-state index contributed by atoms with van der Waals surface area (Å²) in [4.78, 5) is 4.04. The second-order valence-corrected chi connectivity index (χ2v) is 9.43. The van der Waals surface area contributed by atoms with E-state index in [0.717, 1.165) is 38.8 Å². The zero-order valence-electron chi connectivity index (χ0n) is 15.2. The molecule has 6 heteroatoms. The topological polar surface area (TPSA) is 46.6 Å². The zero-order chi connectivity index (χ0) is 18.4. The van der Waals surface area contributed by atoms with E-state index in [1.807, 2.05) is 0 Å². The molecule has 2 heterocycles. The standard InChI is InChI=1S/C20H27NO3S2/c1-2-3-12-21-13-11-17(20-10-7-14-25-20)15-18(21)16-24-26(22,23)19-8-5-4-6-9-19/h4-10,14,17-18H,2-3,11-13,15-16H2,1H3. The summed E-state index contributed by atoms with van der Waals surface area (Å²) in [6.45, 7) is 4.42. The number of hydrogen-bond acceptors (Lipinski definition) is 5. The van der Waals surface area contributed by atoms with E-state index < -0.39 is 10.1 Å². The highest BCUT2D eigenvalue weighted by Crippen LogP contribution is 2.34. The van der Waals surface area contributed by atoms with E-state index in [0.29, 0.717) is 5.92 Å². The van der Waals surface area contributed by atoms with Crippen LogP contribution in [0.15, 0.2) is 52.7 Å². The minimum atomic E-state index is -3.70. The Morgan fingerprint density at radius 3 is 2.69 bits per heavy atom. The summed E-state index contributed by atoms with van der Waals surface area (Å²) in [6.07, 6.45) is 4.35. The summed E-state index contributed by atoms with van der Waals surface area (Å²) in [6, 6.07) is 12.8. The molecule has 0 aliphatic carbocycles. The molecule has 0 bridgehead atoms. The monoisotopic (exact) mass is 393 g/mol. The lowest BCUT2D eigenvalue weighted by atomic mass is 9.89. The Hall–Kier alpha value is -1.21. The van der Waals surface area contributed by atoms with Gasteiger partial charge in [-0.2, -0.15) is 8.42 Å². The van der Waals surface area contributed by atoms with Crippen molar-refractivity contribution in [1.29, 1.82) is 0 Å². The van der Waals surface area contributed by atoms with Crippen molar-refractivity contribution in [3.05, 3.63) is 52.7 Å². The first-order valence-electron chi connectivity index (χ1n) is 9.32. The molecule has 1 fully saturated rings. The van der Waals surface area contributed by atoms with Crippen molar-refractivity contribution in [3.8, 4) is 0 Å². The predicted molar refractivity (Wildman–Crippen MR) is 106 cm³/mol. The van der Waals surface area contributed by atoms with Gasteiger partial charge in [0, 0.05) is 10.9 Å². The Morgan fingerprint density at radius 1 is 1.19 bits per heavy atom. The third-order valence-corrected chi connectivity index (χ3v) is 7.36. The zero-order valence-corrected chi connectivity index (χ0v) is 16.8. The molecule has 2 atom stereocenters. The van der Waals surface area contributed by atoms with Crippen molar-refractivity contribution >= 4 is 21.5 Å². The van der Waals surface area contributed by atoms with Crippen LogP contribution >= 0.6 is 11.3 Å². The van der Waals surface area contributed by atoms with Gasteiger partial charge in [0.2, 0.25) is 0 Å². The van der Waals surface area contributed by atoms with Gasteiger partial charge in [-0.15, -0.1) is 11.3 Å². The average Bonchev–Trinajstić information content (AvgIpc) is 3.20. The fourth-order valence-corrected chi connectivity index (χ4v) is 5.37. The number of benzene rings is 1. The SMILES string of the molecule is CCCCN1CCC(c2cccs2)CC1COS(=O)(=O)c1ccccc1. The van der Waals surface area contributed by atoms with E-state index in [4.69, 9.17) is 4.18 Å². The molecule has 1 aromatic carbocycles. The fraction of sp³-hybridized carbons (Fsp3) is 0.500. The van der Waals surface area contributed by atoms with Crippen LogP contribution in [-0.4, -0.2) is 39.1 Å². The molecule has 4 nitrogen and oxygen atoms in total. The lowest BCUT2D eigenvalue weighted by Gasteiger charge is -2.39. The third kappa shape index (κ3) is 4.94. The summed E-state index contributed by atoms with van der Waals surface area (Å²) >= 11 is 1.79. The van der Waals surface area contributed by atoms with Gasteiger partial charge in [0.05, 0.1) is 11.5 Å². The maximum atomic E-state index is 12.5. The van der Waals surface area contributed by atoms with Gasteiger partial charge in [-0.25, -0.2) is 0 Å². The normalized spacial score (nSPS) is 21.7. The average molecular weight is 394 g/mol. The van der Waals surface area contributed by atoms with Crippen molar-refractivity contribution < 1.29 is 12.6 Å². The Bertz CT molecular complexity index is 760. The lowest BCUT2D eigenvalue weighted by molar-refractivity contribution is 0.0914. The van der Waals surface area contributed by atoms with Crippen LogP contribution < -0.4 is 0 Å². The summed E-state index contributed by atoms with van der Waals surface area (Å²) in [5.74, 6) is 0.501. The Balaban J connectivity index is 1.68.